The number of nitrogens with one attached hydrogen (secondary N) is 3. The van der Waals surface area contributed by atoms with Gasteiger partial charge in [0.15, 0.2) is 0 Å². The molecular formula is C22H32FN3O3. The van der Waals surface area contributed by atoms with Crippen molar-refractivity contribution in [1.82, 2.24) is 16.0 Å². The van der Waals surface area contributed by atoms with E-state index in [0.717, 1.165) is 50.8 Å². The highest BCUT2D eigenvalue weighted by Gasteiger charge is 2.51. The fourth-order valence-corrected chi connectivity index (χ4v) is 5.48. The number of halogens is 1. The summed E-state index contributed by atoms with van der Waals surface area (Å²) < 4.78 is 19.2. The molecule has 3 N–H and O–H groups in total. The summed E-state index contributed by atoms with van der Waals surface area (Å²) in [6, 6.07) is 6.70. The number of benzene rings is 1. The van der Waals surface area contributed by atoms with Gasteiger partial charge in [-0.2, -0.15) is 0 Å². The van der Waals surface area contributed by atoms with Crippen molar-refractivity contribution in [3.8, 4) is 0 Å². The Hall–Kier alpha value is -2.15. The lowest BCUT2D eigenvalue weighted by molar-refractivity contribution is -0.119. The molecule has 0 unspecified atom stereocenters. The number of carbonyl (C=O) groups is 2. The minimum absolute atomic E-state index is 0.0747. The molecule has 3 atom stereocenters. The molecule has 1 aromatic carbocycles. The second-order valence-corrected chi connectivity index (χ2v) is 8.26. The molecule has 2 fully saturated rings. The van der Waals surface area contributed by atoms with E-state index in [2.05, 4.69) is 16.0 Å². The first-order valence-corrected chi connectivity index (χ1v) is 10.5. The maximum atomic E-state index is 14.3. The van der Waals surface area contributed by atoms with E-state index >= 15 is 0 Å². The molecule has 0 bridgehead atoms. The Bertz CT molecular complexity index is 723. The van der Waals surface area contributed by atoms with Crippen LogP contribution in [-0.2, 0) is 14.9 Å². The molecule has 3 rings (SSSR count). The molecule has 1 aromatic rings. The number of amides is 2. The summed E-state index contributed by atoms with van der Waals surface area (Å²) in [7, 11) is 1.36. The van der Waals surface area contributed by atoms with Gasteiger partial charge in [-0.05, 0) is 68.3 Å². The summed E-state index contributed by atoms with van der Waals surface area (Å²) in [5.74, 6) is -0.0323. The van der Waals surface area contributed by atoms with Gasteiger partial charge in [-0.1, -0.05) is 18.6 Å². The number of hydrogen-bond donors (Lipinski definition) is 3. The highest BCUT2D eigenvalue weighted by Crippen LogP contribution is 2.49. The van der Waals surface area contributed by atoms with E-state index in [1.807, 2.05) is 6.07 Å². The van der Waals surface area contributed by atoms with Crippen molar-refractivity contribution in [2.75, 3.05) is 26.7 Å². The summed E-state index contributed by atoms with van der Waals surface area (Å²) in [5, 5.41) is 9.46. The quantitative estimate of drug-likeness (QED) is 0.680. The van der Waals surface area contributed by atoms with Gasteiger partial charge in [0.25, 0.3) is 0 Å². The Morgan fingerprint density at radius 2 is 2.00 bits per heavy atom. The van der Waals surface area contributed by atoms with Gasteiger partial charge in [0.2, 0.25) is 5.91 Å². The van der Waals surface area contributed by atoms with Gasteiger partial charge in [-0.15, -0.1) is 0 Å². The fourth-order valence-electron chi connectivity index (χ4n) is 5.48. The summed E-state index contributed by atoms with van der Waals surface area (Å²) in [6.07, 6.45) is 4.17. The van der Waals surface area contributed by atoms with E-state index in [-0.39, 0.29) is 29.6 Å². The predicted molar refractivity (Wildman–Crippen MR) is 109 cm³/mol. The third kappa shape index (κ3) is 4.71. The average molecular weight is 406 g/mol. The maximum Gasteiger partial charge on any atom is 0.407 e. The van der Waals surface area contributed by atoms with E-state index in [4.69, 9.17) is 4.74 Å². The van der Waals surface area contributed by atoms with Crippen molar-refractivity contribution in [2.45, 2.75) is 50.5 Å². The maximum absolute atomic E-state index is 14.3. The van der Waals surface area contributed by atoms with Crippen LogP contribution in [0.5, 0.6) is 0 Å². The minimum atomic E-state index is -0.460. The number of piperidine rings is 1. The molecule has 2 amide bonds. The lowest BCUT2D eigenvalue weighted by Gasteiger charge is -2.49. The molecule has 0 aromatic heterocycles. The van der Waals surface area contributed by atoms with E-state index in [0.29, 0.717) is 6.54 Å². The number of carbonyl (C=O) groups excluding carboxylic acids is 2. The van der Waals surface area contributed by atoms with Gasteiger partial charge in [-0.3, -0.25) is 4.79 Å². The van der Waals surface area contributed by atoms with Crippen LogP contribution in [0.25, 0.3) is 0 Å². The molecule has 0 spiro atoms. The summed E-state index contributed by atoms with van der Waals surface area (Å²) in [6.45, 7) is 3.73. The Balaban J connectivity index is 2.08. The topological polar surface area (TPSA) is 79.5 Å². The molecule has 1 aliphatic carbocycles. The number of alkyl carbamates (subject to hydrolysis) is 1. The van der Waals surface area contributed by atoms with Crippen molar-refractivity contribution < 1.29 is 18.7 Å². The zero-order valence-corrected chi connectivity index (χ0v) is 17.3. The Morgan fingerprint density at radius 1 is 1.24 bits per heavy atom. The standard InChI is InChI=1S/C22H32FN3O3/c1-15(27)25-14-22(16-9-11-24-12-10-16,17-5-3-6-18(23)13-17)19-7-4-8-20(19)26-21(28)29-2/h3,5-6,13,16,19-20,24H,4,7-12,14H2,1-2H3,(H,25,27)(H,26,28)/t19-,20-,22-/m0/s1. The lowest BCUT2D eigenvalue weighted by atomic mass is 9.58. The van der Waals surface area contributed by atoms with Gasteiger partial charge in [0.1, 0.15) is 5.82 Å². The largest absolute Gasteiger partial charge is 0.453 e. The van der Waals surface area contributed by atoms with Gasteiger partial charge in [0.05, 0.1) is 7.11 Å². The first-order valence-electron chi connectivity index (χ1n) is 10.5. The molecule has 1 aliphatic heterocycles. The summed E-state index contributed by atoms with van der Waals surface area (Å²) in [5.41, 5.74) is 0.444. The molecule has 0 radical (unpaired) electrons. The van der Waals surface area contributed by atoms with Crippen LogP contribution in [0, 0.1) is 17.7 Å². The third-order valence-electron chi connectivity index (χ3n) is 6.73. The van der Waals surface area contributed by atoms with Crippen molar-refractivity contribution in [3.63, 3.8) is 0 Å². The molecule has 1 saturated heterocycles. The summed E-state index contributed by atoms with van der Waals surface area (Å²) in [4.78, 5) is 23.9. The number of ether oxygens (including phenoxy) is 1. The van der Waals surface area contributed by atoms with Gasteiger partial charge in [0, 0.05) is 24.9 Å². The van der Waals surface area contributed by atoms with Crippen LogP contribution >= 0.6 is 0 Å². The van der Waals surface area contributed by atoms with Gasteiger partial charge >= 0.3 is 6.09 Å². The molecule has 29 heavy (non-hydrogen) atoms. The Kier molecular flexibility index (Phi) is 7.11. The van der Waals surface area contributed by atoms with Crippen LogP contribution in [0.15, 0.2) is 24.3 Å². The van der Waals surface area contributed by atoms with Crippen LogP contribution in [-0.4, -0.2) is 44.8 Å². The predicted octanol–water partition coefficient (Wildman–Crippen LogP) is 2.72. The van der Waals surface area contributed by atoms with Crippen molar-refractivity contribution >= 4 is 12.0 Å². The van der Waals surface area contributed by atoms with Crippen LogP contribution in [0.3, 0.4) is 0 Å². The third-order valence-corrected chi connectivity index (χ3v) is 6.73. The van der Waals surface area contributed by atoms with Crippen LogP contribution in [0.1, 0.15) is 44.6 Å². The average Bonchev–Trinajstić information content (AvgIpc) is 3.17. The van der Waals surface area contributed by atoms with Gasteiger partial charge in [-0.25, -0.2) is 9.18 Å². The minimum Gasteiger partial charge on any atom is -0.453 e. The smallest absolute Gasteiger partial charge is 0.407 e. The van der Waals surface area contributed by atoms with Crippen molar-refractivity contribution in [3.05, 3.63) is 35.6 Å². The van der Waals surface area contributed by atoms with Gasteiger partial charge < -0.3 is 20.7 Å². The molecule has 2 aliphatic rings. The SMILES string of the molecule is COC(=O)N[C@H]1CCC[C@@H]1[C@](CNC(C)=O)(c1cccc(F)c1)C1CCNCC1. The van der Waals surface area contributed by atoms with Crippen LogP contribution < -0.4 is 16.0 Å². The highest BCUT2D eigenvalue weighted by molar-refractivity contribution is 5.73. The zero-order valence-electron chi connectivity index (χ0n) is 17.3. The van der Waals surface area contributed by atoms with Crippen LogP contribution in [0.2, 0.25) is 0 Å². The molecule has 1 saturated carbocycles. The molecular weight excluding hydrogens is 373 g/mol. The van der Waals surface area contributed by atoms with E-state index in [1.54, 1.807) is 12.1 Å². The molecule has 1 heterocycles. The number of methoxy groups -OCH3 is 1. The second-order valence-electron chi connectivity index (χ2n) is 8.26. The summed E-state index contributed by atoms with van der Waals surface area (Å²) >= 11 is 0. The van der Waals surface area contributed by atoms with E-state index in [9.17, 15) is 14.0 Å². The molecule has 7 heteroatoms. The van der Waals surface area contributed by atoms with Crippen molar-refractivity contribution in [2.24, 2.45) is 11.8 Å². The van der Waals surface area contributed by atoms with Crippen LogP contribution in [0.4, 0.5) is 9.18 Å². The highest BCUT2D eigenvalue weighted by atomic mass is 19.1. The molecule has 160 valence electrons. The first-order chi connectivity index (χ1) is 14.0. The van der Waals surface area contributed by atoms with Crippen molar-refractivity contribution in [1.29, 1.82) is 0 Å². The fraction of sp³-hybridized carbons (Fsp3) is 0.636. The van der Waals surface area contributed by atoms with E-state index in [1.165, 1.54) is 20.1 Å². The molecule has 6 nitrogen and oxygen atoms in total. The second kappa shape index (κ2) is 9.57. The number of hydrogen-bond acceptors (Lipinski definition) is 4. The van der Waals surface area contributed by atoms with E-state index < -0.39 is 11.5 Å². The Morgan fingerprint density at radius 3 is 2.66 bits per heavy atom. The normalized spacial score (nSPS) is 24.5. The zero-order chi connectivity index (χ0) is 20.9. The first kappa shape index (κ1) is 21.6. The number of rotatable bonds is 6. The monoisotopic (exact) mass is 405 g/mol. The lowest BCUT2D eigenvalue weighted by Crippen LogP contribution is -2.57. The Labute approximate surface area is 172 Å².